The minimum Gasteiger partial charge on any atom is -0.380 e. The smallest absolute Gasteiger partial charge is 0.0991 e. The van der Waals surface area contributed by atoms with Crippen molar-refractivity contribution in [2.75, 3.05) is 7.11 Å². The molecule has 0 N–H and O–H groups in total. The third-order valence-electron chi connectivity index (χ3n) is 2.05. The molecule has 3 nitrogen and oxygen atoms in total. The fourth-order valence-electron chi connectivity index (χ4n) is 1.34. The molecule has 0 aliphatic heterocycles. The molecule has 0 saturated carbocycles. The van der Waals surface area contributed by atoms with Crippen LogP contribution in [0, 0.1) is 0 Å². The second-order valence-corrected chi connectivity index (χ2v) is 3.07. The molecule has 1 heterocycles. The van der Waals surface area contributed by atoms with Crippen LogP contribution < -0.4 is 0 Å². The van der Waals surface area contributed by atoms with E-state index in [0.717, 1.165) is 5.69 Å². The maximum atomic E-state index is 5.04. The lowest BCUT2D eigenvalue weighted by Crippen LogP contribution is -1.91. The highest BCUT2D eigenvalue weighted by Gasteiger charge is 1.95. The Labute approximate surface area is 83.0 Å². The van der Waals surface area contributed by atoms with Crippen molar-refractivity contribution < 1.29 is 4.74 Å². The molecule has 0 fully saturated rings. The third kappa shape index (κ3) is 1.83. The Hall–Kier alpha value is -1.61. The van der Waals surface area contributed by atoms with Gasteiger partial charge >= 0.3 is 0 Å². The van der Waals surface area contributed by atoms with Crippen LogP contribution in [0.4, 0.5) is 0 Å². The summed E-state index contributed by atoms with van der Waals surface area (Å²) in [5.41, 5.74) is 2.29. The first-order chi connectivity index (χ1) is 6.90. The number of ether oxygens (including phenoxy) is 1. The summed E-state index contributed by atoms with van der Waals surface area (Å²) in [6, 6.07) is 8.21. The highest BCUT2D eigenvalue weighted by molar-refractivity contribution is 5.34. The first-order valence-electron chi connectivity index (χ1n) is 4.46. The topological polar surface area (TPSA) is 27.1 Å². The predicted octanol–water partition coefficient (Wildman–Crippen LogP) is 2.02. The summed E-state index contributed by atoms with van der Waals surface area (Å²) in [5, 5.41) is 0. The first-order valence-corrected chi connectivity index (χ1v) is 4.46. The monoisotopic (exact) mass is 188 g/mol. The Balaban J connectivity index is 2.22. The maximum absolute atomic E-state index is 5.04. The average Bonchev–Trinajstić information content (AvgIpc) is 2.72. The molecule has 2 rings (SSSR count). The molecule has 1 aromatic carbocycles. The van der Waals surface area contributed by atoms with Gasteiger partial charge in [-0.1, -0.05) is 12.1 Å². The second kappa shape index (κ2) is 4.07. The SMILES string of the molecule is COCc1ccc(-n2ccnc2)cc1. The van der Waals surface area contributed by atoms with E-state index in [1.807, 2.05) is 10.8 Å². The summed E-state index contributed by atoms with van der Waals surface area (Å²) in [6.07, 6.45) is 5.47. The molecule has 0 spiro atoms. The van der Waals surface area contributed by atoms with Crippen LogP contribution in [-0.2, 0) is 11.3 Å². The van der Waals surface area contributed by atoms with E-state index in [-0.39, 0.29) is 0 Å². The number of hydrogen-bond donors (Lipinski definition) is 0. The van der Waals surface area contributed by atoms with Crippen LogP contribution in [-0.4, -0.2) is 16.7 Å². The molecule has 0 aliphatic rings. The summed E-state index contributed by atoms with van der Waals surface area (Å²) in [4.78, 5) is 4.00. The summed E-state index contributed by atoms with van der Waals surface area (Å²) in [7, 11) is 1.70. The van der Waals surface area contributed by atoms with E-state index in [2.05, 4.69) is 29.2 Å². The van der Waals surface area contributed by atoms with Gasteiger partial charge in [0, 0.05) is 25.2 Å². The van der Waals surface area contributed by atoms with Crippen molar-refractivity contribution in [1.82, 2.24) is 9.55 Å². The van der Waals surface area contributed by atoms with Crippen LogP contribution in [0.25, 0.3) is 5.69 Å². The number of imidazole rings is 1. The number of aromatic nitrogens is 2. The lowest BCUT2D eigenvalue weighted by atomic mass is 10.2. The minimum atomic E-state index is 0.657. The zero-order valence-corrected chi connectivity index (χ0v) is 8.05. The quantitative estimate of drug-likeness (QED) is 0.736. The van der Waals surface area contributed by atoms with Crippen molar-refractivity contribution in [2.45, 2.75) is 6.61 Å². The van der Waals surface area contributed by atoms with Crippen molar-refractivity contribution >= 4 is 0 Å². The number of methoxy groups -OCH3 is 1. The zero-order chi connectivity index (χ0) is 9.80. The molecule has 3 heteroatoms. The van der Waals surface area contributed by atoms with Gasteiger partial charge in [-0.15, -0.1) is 0 Å². The van der Waals surface area contributed by atoms with Gasteiger partial charge in [-0.25, -0.2) is 4.98 Å². The van der Waals surface area contributed by atoms with E-state index in [0.29, 0.717) is 6.61 Å². The van der Waals surface area contributed by atoms with Crippen LogP contribution in [0.3, 0.4) is 0 Å². The Kier molecular flexibility index (Phi) is 2.60. The Morgan fingerprint density at radius 1 is 1.29 bits per heavy atom. The molecule has 2 aromatic rings. The molecule has 0 unspecified atom stereocenters. The Morgan fingerprint density at radius 3 is 2.64 bits per heavy atom. The highest BCUT2D eigenvalue weighted by atomic mass is 16.5. The van der Waals surface area contributed by atoms with Gasteiger partial charge < -0.3 is 9.30 Å². The number of rotatable bonds is 3. The third-order valence-corrected chi connectivity index (χ3v) is 2.05. The van der Waals surface area contributed by atoms with Gasteiger partial charge in [-0.05, 0) is 17.7 Å². The van der Waals surface area contributed by atoms with Gasteiger partial charge in [-0.3, -0.25) is 0 Å². The summed E-state index contributed by atoms with van der Waals surface area (Å²) < 4.78 is 7.01. The van der Waals surface area contributed by atoms with Crippen LogP contribution in [0.1, 0.15) is 5.56 Å². The number of nitrogens with zero attached hydrogens (tertiary/aromatic N) is 2. The van der Waals surface area contributed by atoms with Crippen molar-refractivity contribution in [3.63, 3.8) is 0 Å². The lowest BCUT2D eigenvalue weighted by Gasteiger charge is -2.03. The molecule has 0 amide bonds. The molecule has 0 bridgehead atoms. The standard InChI is InChI=1S/C11H12N2O/c1-14-8-10-2-4-11(5-3-10)13-7-6-12-9-13/h2-7,9H,8H2,1H3. The summed E-state index contributed by atoms with van der Waals surface area (Å²) in [5.74, 6) is 0. The predicted molar refractivity (Wildman–Crippen MR) is 54.3 cm³/mol. The lowest BCUT2D eigenvalue weighted by molar-refractivity contribution is 0.185. The van der Waals surface area contributed by atoms with Gasteiger partial charge in [-0.2, -0.15) is 0 Å². The van der Waals surface area contributed by atoms with E-state index >= 15 is 0 Å². The van der Waals surface area contributed by atoms with Crippen LogP contribution >= 0.6 is 0 Å². The summed E-state index contributed by atoms with van der Waals surface area (Å²) in [6.45, 7) is 0.657. The fourth-order valence-corrected chi connectivity index (χ4v) is 1.34. The van der Waals surface area contributed by atoms with E-state index in [1.165, 1.54) is 5.56 Å². The number of hydrogen-bond acceptors (Lipinski definition) is 2. The van der Waals surface area contributed by atoms with Gasteiger partial charge in [0.1, 0.15) is 0 Å². The molecule has 1 aromatic heterocycles. The maximum Gasteiger partial charge on any atom is 0.0991 e. The van der Waals surface area contributed by atoms with E-state index in [9.17, 15) is 0 Å². The Morgan fingerprint density at radius 2 is 2.07 bits per heavy atom. The minimum absolute atomic E-state index is 0.657. The molecular weight excluding hydrogens is 176 g/mol. The fraction of sp³-hybridized carbons (Fsp3) is 0.182. The first kappa shape index (κ1) is 8.97. The van der Waals surface area contributed by atoms with Crippen molar-refractivity contribution in [2.24, 2.45) is 0 Å². The number of benzene rings is 1. The molecule has 72 valence electrons. The normalized spacial score (nSPS) is 10.4. The van der Waals surface area contributed by atoms with E-state index < -0.39 is 0 Å². The average molecular weight is 188 g/mol. The molecule has 0 radical (unpaired) electrons. The van der Waals surface area contributed by atoms with Crippen molar-refractivity contribution in [3.05, 3.63) is 48.5 Å². The van der Waals surface area contributed by atoms with E-state index in [1.54, 1.807) is 19.6 Å². The Bertz CT molecular complexity index is 378. The molecule has 0 saturated heterocycles. The second-order valence-electron chi connectivity index (χ2n) is 3.07. The van der Waals surface area contributed by atoms with Gasteiger partial charge in [0.05, 0.1) is 12.9 Å². The molecule has 14 heavy (non-hydrogen) atoms. The summed E-state index contributed by atoms with van der Waals surface area (Å²) >= 11 is 0. The highest BCUT2D eigenvalue weighted by Crippen LogP contribution is 2.09. The van der Waals surface area contributed by atoms with Crippen molar-refractivity contribution in [1.29, 1.82) is 0 Å². The van der Waals surface area contributed by atoms with Gasteiger partial charge in [0.2, 0.25) is 0 Å². The van der Waals surface area contributed by atoms with Crippen LogP contribution in [0.2, 0.25) is 0 Å². The molecule has 0 atom stereocenters. The molecule has 0 aliphatic carbocycles. The van der Waals surface area contributed by atoms with Crippen LogP contribution in [0.5, 0.6) is 0 Å². The largest absolute Gasteiger partial charge is 0.380 e. The van der Waals surface area contributed by atoms with Gasteiger partial charge in [0.15, 0.2) is 0 Å². The molecular formula is C11H12N2O. The van der Waals surface area contributed by atoms with Gasteiger partial charge in [0.25, 0.3) is 0 Å². The zero-order valence-electron chi connectivity index (χ0n) is 8.05. The van der Waals surface area contributed by atoms with Crippen molar-refractivity contribution in [3.8, 4) is 5.69 Å². The van der Waals surface area contributed by atoms with E-state index in [4.69, 9.17) is 4.74 Å². The van der Waals surface area contributed by atoms with Crippen LogP contribution in [0.15, 0.2) is 43.0 Å².